The third-order valence-corrected chi connectivity index (χ3v) is 5.15. The van der Waals surface area contributed by atoms with Gasteiger partial charge in [-0.3, -0.25) is 4.79 Å². The molecule has 2 aromatic rings. The van der Waals surface area contributed by atoms with Crippen LogP contribution in [0.3, 0.4) is 0 Å². The molecule has 35 heavy (non-hydrogen) atoms. The van der Waals surface area contributed by atoms with Gasteiger partial charge in [-0.2, -0.15) is 5.10 Å². The molecular weight excluding hydrogens is 468 g/mol. The van der Waals surface area contributed by atoms with Crippen molar-refractivity contribution in [1.29, 1.82) is 0 Å². The fourth-order valence-corrected chi connectivity index (χ4v) is 3.73. The van der Waals surface area contributed by atoms with Gasteiger partial charge < -0.3 is 24.8 Å². The lowest BCUT2D eigenvalue weighted by atomic mass is 9.95. The molecule has 2 aromatic carbocycles. The van der Waals surface area contributed by atoms with Crippen molar-refractivity contribution in [3.8, 4) is 11.5 Å². The predicted octanol–water partition coefficient (Wildman–Crippen LogP) is 2.97. The first-order chi connectivity index (χ1) is 16.9. The molecule has 184 valence electrons. The lowest BCUT2D eigenvalue weighted by molar-refractivity contribution is -0.139. The maximum absolute atomic E-state index is 12.6. The van der Waals surface area contributed by atoms with E-state index in [2.05, 4.69) is 21.2 Å². The summed E-state index contributed by atoms with van der Waals surface area (Å²) < 4.78 is 16.5. The molecule has 10 heteroatoms. The quantitative estimate of drug-likeness (QED) is 0.199. The molecule has 3 rings (SSSR count). The van der Waals surface area contributed by atoms with Gasteiger partial charge in [-0.1, -0.05) is 30.3 Å². The molecule has 0 aromatic heterocycles. The summed E-state index contributed by atoms with van der Waals surface area (Å²) in [5, 5.41) is 10.4. The van der Waals surface area contributed by atoms with Crippen molar-refractivity contribution in [2.45, 2.75) is 26.8 Å². The molecule has 9 nitrogen and oxygen atoms in total. The third kappa shape index (κ3) is 7.03. The van der Waals surface area contributed by atoms with Crippen LogP contribution in [0.2, 0.25) is 0 Å². The van der Waals surface area contributed by atoms with Crippen LogP contribution in [0.15, 0.2) is 64.9 Å². The second-order valence-corrected chi connectivity index (χ2v) is 7.82. The van der Waals surface area contributed by atoms with Crippen LogP contribution in [0.5, 0.6) is 11.5 Å². The zero-order valence-electron chi connectivity index (χ0n) is 19.8. The Morgan fingerprint density at radius 1 is 1.11 bits per heavy atom. The molecule has 0 saturated carbocycles. The van der Waals surface area contributed by atoms with E-state index in [1.807, 2.05) is 37.3 Å². The molecular formula is C25H28N4O5S. The minimum absolute atomic E-state index is 0.238. The number of hydrazone groups is 1. The molecule has 0 bridgehead atoms. The van der Waals surface area contributed by atoms with E-state index in [0.717, 1.165) is 11.3 Å². The standard InChI is InChI=1S/C25H28N4O5S/c1-4-32-18-10-8-9-17(13-18)14-26-29-21(30)15-34-20-12-7-6-11-19(20)23-22(24(31)33-5-2)16(3)27-25(35)28-23/h6-14,23H,4-5,15H2,1-3H3,(H,29,30)(H2,27,28,35)/t23-/m0/s1. The molecule has 1 amide bonds. The SMILES string of the molecule is CCOC(=O)C1=C(C)NC(=S)N[C@H]1c1ccccc1OCC(=O)NN=Cc1cccc(OCC)c1. The Labute approximate surface area is 209 Å². The number of allylic oxidation sites excluding steroid dienone is 1. The first-order valence-corrected chi connectivity index (χ1v) is 11.6. The second kappa shape index (κ2) is 12.5. The van der Waals surface area contributed by atoms with Gasteiger partial charge in [0.05, 0.1) is 31.0 Å². The molecule has 0 saturated heterocycles. The summed E-state index contributed by atoms with van der Waals surface area (Å²) in [5.74, 6) is 0.240. The number of rotatable bonds is 10. The van der Waals surface area contributed by atoms with Crippen molar-refractivity contribution in [3.63, 3.8) is 0 Å². The first-order valence-electron chi connectivity index (χ1n) is 11.1. The molecule has 1 heterocycles. The molecule has 3 N–H and O–H groups in total. The van der Waals surface area contributed by atoms with Crippen LogP contribution >= 0.6 is 12.2 Å². The molecule has 1 aliphatic rings. The average Bonchev–Trinajstić information content (AvgIpc) is 2.83. The summed E-state index contributed by atoms with van der Waals surface area (Å²) in [7, 11) is 0. The number of carbonyl (C=O) groups excluding carboxylic acids is 2. The van der Waals surface area contributed by atoms with E-state index in [0.29, 0.717) is 34.3 Å². The Morgan fingerprint density at radius 3 is 2.69 bits per heavy atom. The highest BCUT2D eigenvalue weighted by Crippen LogP contribution is 2.33. The van der Waals surface area contributed by atoms with E-state index in [1.54, 1.807) is 32.0 Å². The topological polar surface area (TPSA) is 110 Å². The molecule has 1 atom stereocenters. The van der Waals surface area contributed by atoms with Gasteiger partial charge in [0.25, 0.3) is 5.91 Å². The fourth-order valence-electron chi connectivity index (χ4n) is 3.46. The van der Waals surface area contributed by atoms with Gasteiger partial charge >= 0.3 is 5.97 Å². The van der Waals surface area contributed by atoms with Gasteiger partial charge in [0.2, 0.25) is 0 Å². The molecule has 0 unspecified atom stereocenters. The zero-order valence-corrected chi connectivity index (χ0v) is 20.6. The monoisotopic (exact) mass is 496 g/mol. The van der Waals surface area contributed by atoms with Gasteiger partial charge in [-0.05, 0) is 56.8 Å². The van der Waals surface area contributed by atoms with Gasteiger partial charge in [0, 0.05) is 11.3 Å². The molecule has 0 aliphatic carbocycles. The van der Waals surface area contributed by atoms with E-state index in [4.69, 9.17) is 26.4 Å². The Morgan fingerprint density at radius 2 is 1.91 bits per heavy atom. The van der Waals surface area contributed by atoms with Crippen LogP contribution in [0.25, 0.3) is 0 Å². The zero-order chi connectivity index (χ0) is 25.2. The molecule has 0 fully saturated rings. The van der Waals surface area contributed by atoms with E-state index in [1.165, 1.54) is 6.21 Å². The van der Waals surface area contributed by atoms with Gasteiger partial charge in [-0.15, -0.1) is 0 Å². The minimum atomic E-state index is -0.599. The lowest BCUT2D eigenvalue weighted by Crippen LogP contribution is -2.45. The predicted molar refractivity (Wildman–Crippen MR) is 136 cm³/mol. The van der Waals surface area contributed by atoms with Crippen LogP contribution in [-0.4, -0.2) is 43.0 Å². The van der Waals surface area contributed by atoms with Gasteiger partial charge in [0.15, 0.2) is 11.7 Å². The van der Waals surface area contributed by atoms with Crippen molar-refractivity contribution in [3.05, 3.63) is 70.9 Å². The number of amides is 1. The Balaban J connectivity index is 1.68. The number of nitrogens with one attached hydrogen (secondary N) is 3. The number of esters is 1. The van der Waals surface area contributed by atoms with Crippen LogP contribution in [0.1, 0.15) is 37.9 Å². The number of benzene rings is 2. The van der Waals surface area contributed by atoms with Crippen molar-refractivity contribution in [2.75, 3.05) is 19.8 Å². The summed E-state index contributed by atoms with van der Waals surface area (Å²) in [6.45, 7) is 5.92. The number of para-hydroxylation sites is 1. The normalized spacial score (nSPS) is 15.3. The number of hydrogen-bond acceptors (Lipinski definition) is 7. The highest BCUT2D eigenvalue weighted by Gasteiger charge is 2.32. The highest BCUT2D eigenvalue weighted by molar-refractivity contribution is 7.80. The summed E-state index contributed by atoms with van der Waals surface area (Å²) in [5.41, 5.74) is 4.85. The van der Waals surface area contributed by atoms with Crippen molar-refractivity contribution in [2.24, 2.45) is 5.10 Å². The summed E-state index contributed by atoms with van der Waals surface area (Å²) >= 11 is 5.29. The van der Waals surface area contributed by atoms with E-state index >= 15 is 0 Å². The second-order valence-electron chi connectivity index (χ2n) is 7.42. The molecule has 0 radical (unpaired) electrons. The van der Waals surface area contributed by atoms with Crippen LogP contribution < -0.4 is 25.5 Å². The number of carbonyl (C=O) groups is 2. The van der Waals surface area contributed by atoms with Crippen LogP contribution in [0, 0.1) is 0 Å². The number of thiocarbonyl (C=S) groups is 1. The highest BCUT2D eigenvalue weighted by atomic mass is 32.1. The maximum atomic E-state index is 12.6. The van der Waals surface area contributed by atoms with E-state index in [9.17, 15) is 9.59 Å². The summed E-state index contributed by atoms with van der Waals surface area (Å²) in [6.07, 6.45) is 1.52. The Bertz CT molecular complexity index is 1150. The van der Waals surface area contributed by atoms with Gasteiger partial charge in [-0.25, -0.2) is 10.2 Å². The van der Waals surface area contributed by atoms with Crippen molar-refractivity contribution < 1.29 is 23.8 Å². The smallest absolute Gasteiger partial charge is 0.338 e. The summed E-state index contributed by atoms with van der Waals surface area (Å²) in [6, 6.07) is 13.9. The van der Waals surface area contributed by atoms with Crippen LogP contribution in [0.4, 0.5) is 0 Å². The fraction of sp³-hybridized carbons (Fsp3) is 0.280. The lowest BCUT2D eigenvalue weighted by Gasteiger charge is -2.30. The minimum Gasteiger partial charge on any atom is -0.494 e. The largest absolute Gasteiger partial charge is 0.494 e. The van der Waals surface area contributed by atoms with E-state index in [-0.39, 0.29) is 13.2 Å². The number of nitrogens with zero attached hydrogens (tertiary/aromatic N) is 1. The summed E-state index contributed by atoms with van der Waals surface area (Å²) in [4.78, 5) is 25.0. The first kappa shape index (κ1) is 25.7. The maximum Gasteiger partial charge on any atom is 0.338 e. The number of ether oxygens (including phenoxy) is 3. The average molecular weight is 497 g/mol. The van der Waals surface area contributed by atoms with Gasteiger partial charge in [0.1, 0.15) is 11.5 Å². The third-order valence-electron chi connectivity index (χ3n) is 4.93. The Kier molecular flexibility index (Phi) is 9.19. The van der Waals surface area contributed by atoms with Crippen LogP contribution in [-0.2, 0) is 14.3 Å². The number of hydrogen-bond donors (Lipinski definition) is 3. The molecule has 0 spiro atoms. The van der Waals surface area contributed by atoms with E-state index < -0.39 is 17.9 Å². The van der Waals surface area contributed by atoms with Crippen molar-refractivity contribution in [1.82, 2.24) is 16.1 Å². The molecule has 1 aliphatic heterocycles. The Hall–Kier alpha value is -3.92. The van der Waals surface area contributed by atoms with Crippen molar-refractivity contribution >= 4 is 35.4 Å².